The van der Waals surface area contributed by atoms with E-state index < -0.39 is 7.26 Å². The lowest BCUT2D eigenvalue weighted by Crippen LogP contribution is -3.00. The third kappa shape index (κ3) is 3.11. The highest BCUT2D eigenvalue weighted by Gasteiger charge is 2.50. The van der Waals surface area contributed by atoms with Crippen LogP contribution in [0.15, 0.2) is 103 Å². The largest absolute Gasteiger partial charge is 1.00 e. The van der Waals surface area contributed by atoms with Crippen LogP contribution in [0.4, 0.5) is 0 Å². The summed E-state index contributed by atoms with van der Waals surface area (Å²) in [6.45, 7) is 4.30. The third-order valence-corrected chi connectivity index (χ3v) is 8.19. The van der Waals surface area contributed by atoms with Crippen LogP contribution in [0.3, 0.4) is 0 Å². The standard InChI is InChI=1S/C21H20OP.ClH/c1-18(22-2)23(19-12-6-3-7-13-19,20-14-8-4-9-15-20)21-16-10-5-11-17-21;/h3-17H,1H2,2H3;1H/q+1;/p-1. The van der Waals surface area contributed by atoms with Crippen molar-refractivity contribution >= 4 is 23.2 Å². The molecule has 0 N–H and O–H groups in total. The van der Waals surface area contributed by atoms with E-state index in [0.29, 0.717) is 0 Å². The Bertz CT molecular complexity index is 676. The van der Waals surface area contributed by atoms with Gasteiger partial charge in [-0.25, -0.2) is 0 Å². The number of methoxy groups -OCH3 is 1. The van der Waals surface area contributed by atoms with Crippen LogP contribution in [-0.2, 0) is 4.74 Å². The molecule has 0 saturated carbocycles. The summed E-state index contributed by atoms with van der Waals surface area (Å²) >= 11 is 0. The van der Waals surface area contributed by atoms with Crippen LogP contribution in [-0.4, -0.2) is 7.11 Å². The van der Waals surface area contributed by atoms with Gasteiger partial charge in [0.15, 0.2) is 7.26 Å². The summed E-state index contributed by atoms with van der Waals surface area (Å²) in [6, 6.07) is 31.7. The molecule has 0 fully saturated rings. The molecule has 0 aliphatic carbocycles. The maximum absolute atomic E-state index is 5.73. The summed E-state index contributed by atoms with van der Waals surface area (Å²) in [5.74, 6) is 0. The van der Waals surface area contributed by atoms with Gasteiger partial charge >= 0.3 is 0 Å². The summed E-state index contributed by atoms with van der Waals surface area (Å²) in [5, 5.41) is 3.76. The van der Waals surface area contributed by atoms with E-state index >= 15 is 0 Å². The van der Waals surface area contributed by atoms with E-state index in [0.717, 1.165) is 5.50 Å². The average molecular weight is 355 g/mol. The molecular weight excluding hydrogens is 335 g/mol. The zero-order chi connectivity index (χ0) is 16.1. The first-order valence-corrected chi connectivity index (χ1v) is 9.38. The molecule has 0 spiro atoms. The molecule has 0 aliphatic rings. The lowest BCUT2D eigenvalue weighted by atomic mass is 10.4. The van der Waals surface area contributed by atoms with Gasteiger partial charge in [0.2, 0.25) is 5.50 Å². The second kappa shape index (κ2) is 8.15. The Morgan fingerprint density at radius 2 is 0.958 bits per heavy atom. The van der Waals surface area contributed by atoms with Crippen LogP contribution in [0.1, 0.15) is 0 Å². The molecule has 0 aliphatic heterocycles. The fourth-order valence-electron chi connectivity index (χ4n) is 2.97. The van der Waals surface area contributed by atoms with Gasteiger partial charge in [0, 0.05) is 0 Å². The second-order valence-corrected chi connectivity index (χ2v) is 8.66. The topological polar surface area (TPSA) is 9.23 Å². The van der Waals surface area contributed by atoms with Gasteiger partial charge < -0.3 is 17.1 Å². The first-order valence-electron chi connectivity index (χ1n) is 7.59. The molecule has 3 aromatic rings. The number of ether oxygens (including phenoxy) is 1. The van der Waals surface area contributed by atoms with Gasteiger partial charge in [-0.15, -0.1) is 0 Å². The van der Waals surface area contributed by atoms with Gasteiger partial charge in [0.1, 0.15) is 15.9 Å². The highest BCUT2D eigenvalue weighted by molar-refractivity contribution is 7.98. The first-order chi connectivity index (χ1) is 11.3. The molecule has 0 amide bonds. The minimum atomic E-state index is -2.06. The van der Waals surface area contributed by atoms with Crippen molar-refractivity contribution in [2.75, 3.05) is 7.11 Å². The molecule has 0 aromatic heterocycles. The number of halogens is 1. The molecule has 0 saturated heterocycles. The Labute approximate surface area is 150 Å². The number of hydrogen-bond donors (Lipinski definition) is 0. The zero-order valence-corrected chi connectivity index (χ0v) is 15.3. The van der Waals surface area contributed by atoms with Gasteiger partial charge in [-0.05, 0) is 43.0 Å². The van der Waals surface area contributed by atoms with E-state index in [1.54, 1.807) is 7.11 Å². The van der Waals surface area contributed by atoms with Crippen molar-refractivity contribution < 1.29 is 17.1 Å². The number of hydrogen-bond acceptors (Lipinski definition) is 1. The fraction of sp³-hybridized carbons (Fsp3) is 0.0476. The molecule has 24 heavy (non-hydrogen) atoms. The lowest BCUT2D eigenvalue weighted by molar-refractivity contribution is -0.00000479. The van der Waals surface area contributed by atoms with Crippen molar-refractivity contribution in [1.29, 1.82) is 0 Å². The Hall–Kier alpha value is -2.08. The van der Waals surface area contributed by atoms with E-state index in [-0.39, 0.29) is 12.4 Å². The Kier molecular flexibility index (Phi) is 6.20. The quantitative estimate of drug-likeness (QED) is 0.492. The SMILES string of the molecule is C=C(OC)[P+](c1ccccc1)(c1ccccc1)c1ccccc1.[Cl-]. The van der Waals surface area contributed by atoms with E-state index in [9.17, 15) is 0 Å². The van der Waals surface area contributed by atoms with Crippen LogP contribution >= 0.6 is 7.26 Å². The van der Waals surface area contributed by atoms with E-state index in [1.807, 2.05) is 18.2 Å². The van der Waals surface area contributed by atoms with Gasteiger partial charge in [-0.2, -0.15) is 0 Å². The minimum Gasteiger partial charge on any atom is -1.00 e. The third-order valence-electron chi connectivity index (χ3n) is 4.04. The molecule has 122 valence electrons. The highest BCUT2D eigenvalue weighted by atomic mass is 35.5. The van der Waals surface area contributed by atoms with Gasteiger partial charge in [-0.3, -0.25) is 0 Å². The molecule has 3 heteroatoms. The van der Waals surface area contributed by atoms with E-state index in [1.165, 1.54) is 15.9 Å². The van der Waals surface area contributed by atoms with Crippen molar-refractivity contribution in [2.45, 2.75) is 0 Å². The molecule has 1 nitrogen and oxygen atoms in total. The van der Waals surface area contributed by atoms with Crippen molar-refractivity contribution in [3.05, 3.63) is 103 Å². The molecule has 3 aromatic carbocycles. The summed E-state index contributed by atoms with van der Waals surface area (Å²) in [5.41, 5.74) is 0.820. The number of rotatable bonds is 5. The van der Waals surface area contributed by atoms with Crippen LogP contribution in [0.5, 0.6) is 0 Å². The van der Waals surface area contributed by atoms with E-state index in [4.69, 9.17) is 4.74 Å². The molecule has 0 unspecified atom stereocenters. The van der Waals surface area contributed by atoms with Crippen molar-refractivity contribution in [1.82, 2.24) is 0 Å². The summed E-state index contributed by atoms with van der Waals surface area (Å²) < 4.78 is 5.73. The maximum atomic E-state index is 5.73. The van der Waals surface area contributed by atoms with Crippen LogP contribution in [0, 0.1) is 0 Å². The molecule has 0 heterocycles. The van der Waals surface area contributed by atoms with Crippen molar-refractivity contribution in [2.24, 2.45) is 0 Å². The molecule has 0 atom stereocenters. The second-order valence-electron chi connectivity index (χ2n) is 5.28. The molecule has 0 radical (unpaired) electrons. The Morgan fingerprint density at radius 3 is 1.21 bits per heavy atom. The smallest absolute Gasteiger partial charge is 0.248 e. The highest BCUT2D eigenvalue weighted by Crippen LogP contribution is 2.61. The lowest BCUT2D eigenvalue weighted by Gasteiger charge is -2.27. The van der Waals surface area contributed by atoms with Crippen LogP contribution < -0.4 is 28.3 Å². The van der Waals surface area contributed by atoms with Gasteiger partial charge in [-0.1, -0.05) is 54.6 Å². The Balaban J connectivity index is 0.00000208. The summed E-state index contributed by atoms with van der Waals surface area (Å²) in [7, 11) is -0.347. The predicted octanol–water partition coefficient (Wildman–Crippen LogP) is 1.10. The molecular formula is C21H20ClOP. The number of benzene rings is 3. The summed E-state index contributed by atoms with van der Waals surface area (Å²) in [4.78, 5) is 0. The van der Waals surface area contributed by atoms with Crippen LogP contribution in [0.2, 0.25) is 0 Å². The normalized spacial score (nSPS) is 10.5. The van der Waals surface area contributed by atoms with E-state index in [2.05, 4.69) is 79.4 Å². The summed E-state index contributed by atoms with van der Waals surface area (Å²) in [6.07, 6.45) is 0. The molecule has 3 rings (SSSR count). The van der Waals surface area contributed by atoms with Crippen LogP contribution in [0.25, 0.3) is 0 Å². The fourth-order valence-corrected chi connectivity index (χ4v) is 6.86. The average Bonchev–Trinajstić information content (AvgIpc) is 2.65. The van der Waals surface area contributed by atoms with Crippen molar-refractivity contribution in [3.8, 4) is 0 Å². The first kappa shape index (κ1) is 18.3. The van der Waals surface area contributed by atoms with Crippen molar-refractivity contribution in [3.63, 3.8) is 0 Å². The van der Waals surface area contributed by atoms with Gasteiger partial charge in [0.25, 0.3) is 0 Å². The zero-order valence-electron chi connectivity index (χ0n) is 13.6. The molecule has 0 bridgehead atoms. The Morgan fingerprint density at radius 1 is 0.667 bits per heavy atom. The minimum absolute atomic E-state index is 0. The maximum Gasteiger partial charge on any atom is 0.248 e. The predicted molar refractivity (Wildman–Crippen MR) is 101 cm³/mol. The monoisotopic (exact) mass is 354 g/mol. The van der Waals surface area contributed by atoms with Gasteiger partial charge in [0.05, 0.1) is 7.11 Å².